The first kappa shape index (κ1) is 18.1. The number of pyridine rings is 1. The van der Waals surface area contributed by atoms with E-state index >= 15 is 0 Å². The van der Waals surface area contributed by atoms with Gasteiger partial charge < -0.3 is 5.32 Å². The standard InChI is InChI=1S/C24H24N4/c1-2-18-8-13-23(26-14-18)17-25-15-22-16-27-28-24(22)21-11-9-20(10-12-21)19-6-4-3-5-7-19/h3-14,16,25H,2,15,17H2,1H3,(H,27,28). The van der Waals surface area contributed by atoms with Crippen LogP contribution in [0, 0.1) is 0 Å². The fraction of sp³-hybridized carbons (Fsp3) is 0.167. The first-order valence-corrected chi connectivity index (χ1v) is 9.66. The third-order valence-corrected chi connectivity index (χ3v) is 4.91. The number of hydrogen-bond donors (Lipinski definition) is 2. The van der Waals surface area contributed by atoms with Crippen molar-refractivity contribution < 1.29 is 0 Å². The van der Waals surface area contributed by atoms with Crippen LogP contribution in [0.15, 0.2) is 79.1 Å². The number of aromatic amines is 1. The Labute approximate surface area is 165 Å². The zero-order valence-corrected chi connectivity index (χ0v) is 16.0. The van der Waals surface area contributed by atoms with E-state index in [1.807, 2.05) is 18.5 Å². The van der Waals surface area contributed by atoms with Crippen LogP contribution < -0.4 is 5.32 Å². The van der Waals surface area contributed by atoms with Gasteiger partial charge in [-0.15, -0.1) is 0 Å². The highest BCUT2D eigenvalue weighted by Crippen LogP contribution is 2.25. The van der Waals surface area contributed by atoms with Gasteiger partial charge in [-0.2, -0.15) is 5.10 Å². The van der Waals surface area contributed by atoms with Crippen LogP contribution in [-0.4, -0.2) is 15.2 Å². The molecule has 0 spiro atoms. The molecule has 140 valence electrons. The van der Waals surface area contributed by atoms with Crippen LogP contribution in [0.2, 0.25) is 0 Å². The Kier molecular flexibility index (Phi) is 5.59. The minimum Gasteiger partial charge on any atom is -0.307 e. The summed E-state index contributed by atoms with van der Waals surface area (Å²) in [6.45, 7) is 3.62. The Hall–Kier alpha value is -3.24. The fourth-order valence-corrected chi connectivity index (χ4v) is 3.25. The van der Waals surface area contributed by atoms with Crippen LogP contribution in [0.25, 0.3) is 22.4 Å². The number of aromatic nitrogens is 3. The lowest BCUT2D eigenvalue weighted by atomic mass is 10.0. The lowest BCUT2D eigenvalue weighted by molar-refractivity contribution is 0.680. The smallest absolute Gasteiger partial charge is 0.0695 e. The molecule has 4 aromatic rings. The highest BCUT2D eigenvalue weighted by Gasteiger charge is 2.08. The van der Waals surface area contributed by atoms with E-state index in [9.17, 15) is 0 Å². The molecule has 0 aliphatic carbocycles. The van der Waals surface area contributed by atoms with Crippen molar-refractivity contribution in [3.05, 3.63) is 95.9 Å². The van der Waals surface area contributed by atoms with Gasteiger partial charge >= 0.3 is 0 Å². The lowest BCUT2D eigenvalue weighted by Gasteiger charge is -2.07. The number of aryl methyl sites for hydroxylation is 1. The molecule has 0 aliphatic heterocycles. The summed E-state index contributed by atoms with van der Waals surface area (Å²) in [4.78, 5) is 4.50. The quantitative estimate of drug-likeness (QED) is 0.483. The first-order valence-electron chi connectivity index (χ1n) is 9.66. The Balaban J connectivity index is 1.42. The van der Waals surface area contributed by atoms with E-state index in [0.29, 0.717) is 0 Å². The summed E-state index contributed by atoms with van der Waals surface area (Å²) in [5.41, 5.74) is 8.10. The van der Waals surface area contributed by atoms with E-state index in [1.54, 1.807) is 0 Å². The highest BCUT2D eigenvalue weighted by atomic mass is 15.1. The molecule has 0 saturated heterocycles. The van der Waals surface area contributed by atoms with Crippen molar-refractivity contribution in [3.63, 3.8) is 0 Å². The number of rotatable bonds is 7. The fourth-order valence-electron chi connectivity index (χ4n) is 3.25. The molecule has 0 saturated carbocycles. The number of H-pyrrole nitrogens is 1. The average Bonchev–Trinajstić information content (AvgIpc) is 3.23. The third kappa shape index (κ3) is 4.18. The Morgan fingerprint density at radius 2 is 1.54 bits per heavy atom. The number of nitrogens with zero attached hydrogens (tertiary/aromatic N) is 2. The van der Waals surface area contributed by atoms with E-state index in [-0.39, 0.29) is 0 Å². The summed E-state index contributed by atoms with van der Waals surface area (Å²) in [5, 5.41) is 10.9. The largest absolute Gasteiger partial charge is 0.307 e. The van der Waals surface area contributed by atoms with Gasteiger partial charge in [-0.05, 0) is 34.7 Å². The van der Waals surface area contributed by atoms with Crippen molar-refractivity contribution >= 4 is 0 Å². The van der Waals surface area contributed by atoms with E-state index in [0.717, 1.165) is 42.0 Å². The van der Waals surface area contributed by atoms with Crippen molar-refractivity contribution in [3.8, 4) is 22.4 Å². The molecule has 0 atom stereocenters. The molecule has 0 fully saturated rings. The normalized spacial score (nSPS) is 10.9. The highest BCUT2D eigenvalue weighted by molar-refractivity contribution is 5.69. The minimum absolute atomic E-state index is 0.738. The Morgan fingerprint density at radius 3 is 2.25 bits per heavy atom. The summed E-state index contributed by atoms with van der Waals surface area (Å²) >= 11 is 0. The van der Waals surface area contributed by atoms with Gasteiger partial charge in [-0.25, -0.2) is 0 Å². The van der Waals surface area contributed by atoms with Gasteiger partial charge in [0, 0.05) is 24.8 Å². The molecule has 0 unspecified atom stereocenters. The number of nitrogens with one attached hydrogen (secondary N) is 2. The molecule has 0 amide bonds. The van der Waals surface area contributed by atoms with Gasteiger partial charge in [0.1, 0.15) is 0 Å². The van der Waals surface area contributed by atoms with Gasteiger partial charge in [-0.3, -0.25) is 10.1 Å². The second-order valence-electron chi connectivity index (χ2n) is 6.83. The molecule has 0 bridgehead atoms. The second kappa shape index (κ2) is 8.63. The summed E-state index contributed by atoms with van der Waals surface area (Å²) in [6, 6.07) is 23.2. The monoisotopic (exact) mass is 368 g/mol. The van der Waals surface area contributed by atoms with Crippen molar-refractivity contribution in [1.29, 1.82) is 0 Å². The Bertz CT molecular complexity index is 1000. The maximum absolute atomic E-state index is 4.50. The van der Waals surface area contributed by atoms with Crippen molar-refractivity contribution in [2.24, 2.45) is 0 Å². The second-order valence-corrected chi connectivity index (χ2v) is 6.83. The molecule has 2 aromatic carbocycles. The van der Waals surface area contributed by atoms with Crippen molar-refractivity contribution in [1.82, 2.24) is 20.5 Å². The number of benzene rings is 2. The molecule has 28 heavy (non-hydrogen) atoms. The van der Waals surface area contributed by atoms with Crippen LogP contribution in [0.4, 0.5) is 0 Å². The average molecular weight is 368 g/mol. The molecular weight excluding hydrogens is 344 g/mol. The van der Waals surface area contributed by atoms with Gasteiger partial charge in [-0.1, -0.05) is 67.6 Å². The molecule has 4 heteroatoms. The van der Waals surface area contributed by atoms with Crippen LogP contribution in [0.1, 0.15) is 23.7 Å². The first-order chi connectivity index (χ1) is 13.8. The molecule has 4 nitrogen and oxygen atoms in total. The number of hydrogen-bond acceptors (Lipinski definition) is 3. The molecule has 2 N–H and O–H groups in total. The zero-order chi connectivity index (χ0) is 19.2. The molecule has 0 radical (unpaired) electrons. The van der Waals surface area contributed by atoms with E-state index in [2.05, 4.69) is 88.1 Å². The SMILES string of the molecule is CCc1ccc(CNCc2cn[nH]c2-c2ccc(-c3ccccc3)cc2)nc1. The summed E-state index contributed by atoms with van der Waals surface area (Å²) in [5.74, 6) is 0. The van der Waals surface area contributed by atoms with Gasteiger partial charge in [0.2, 0.25) is 0 Å². The Morgan fingerprint density at radius 1 is 0.786 bits per heavy atom. The van der Waals surface area contributed by atoms with Gasteiger partial charge in [0.15, 0.2) is 0 Å². The predicted octanol–water partition coefficient (Wildman–Crippen LogP) is 4.99. The van der Waals surface area contributed by atoms with Gasteiger partial charge in [0.05, 0.1) is 17.6 Å². The van der Waals surface area contributed by atoms with E-state index in [4.69, 9.17) is 0 Å². The van der Waals surface area contributed by atoms with Crippen LogP contribution in [-0.2, 0) is 19.5 Å². The summed E-state index contributed by atoms with van der Waals surface area (Å²) < 4.78 is 0. The van der Waals surface area contributed by atoms with Gasteiger partial charge in [0.25, 0.3) is 0 Å². The topological polar surface area (TPSA) is 53.6 Å². The van der Waals surface area contributed by atoms with Crippen molar-refractivity contribution in [2.75, 3.05) is 0 Å². The molecule has 2 aromatic heterocycles. The van der Waals surface area contributed by atoms with Crippen LogP contribution in [0.3, 0.4) is 0 Å². The molecule has 0 aliphatic rings. The maximum atomic E-state index is 4.50. The minimum atomic E-state index is 0.738. The zero-order valence-electron chi connectivity index (χ0n) is 16.0. The predicted molar refractivity (Wildman–Crippen MR) is 114 cm³/mol. The summed E-state index contributed by atoms with van der Waals surface area (Å²) in [6.07, 6.45) is 4.86. The van der Waals surface area contributed by atoms with Crippen LogP contribution >= 0.6 is 0 Å². The van der Waals surface area contributed by atoms with E-state index < -0.39 is 0 Å². The summed E-state index contributed by atoms with van der Waals surface area (Å²) in [7, 11) is 0. The van der Waals surface area contributed by atoms with E-state index in [1.165, 1.54) is 16.7 Å². The lowest BCUT2D eigenvalue weighted by Crippen LogP contribution is -2.13. The molecular formula is C24H24N4. The maximum Gasteiger partial charge on any atom is 0.0695 e. The molecule has 2 heterocycles. The molecule has 4 rings (SSSR count). The third-order valence-electron chi connectivity index (χ3n) is 4.91. The van der Waals surface area contributed by atoms with Crippen molar-refractivity contribution in [2.45, 2.75) is 26.4 Å². The van der Waals surface area contributed by atoms with Crippen LogP contribution in [0.5, 0.6) is 0 Å².